The van der Waals surface area contributed by atoms with Crippen LogP contribution in [0.2, 0.25) is 0 Å². The third-order valence-electron chi connectivity index (χ3n) is 3.13. The molecule has 0 spiro atoms. The first kappa shape index (κ1) is 13.2. The predicted octanol–water partition coefficient (Wildman–Crippen LogP) is 1.38. The smallest absolute Gasteiger partial charge is 0.269 e. The van der Waals surface area contributed by atoms with Crippen LogP contribution in [0.5, 0.6) is 0 Å². The third-order valence-corrected chi connectivity index (χ3v) is 3.13. The van der Waals surface area contributed by atoms with E-state index in [2.05, 4.69) is 5.32 Å². The lowest BCUT2D eigenvalue weighted by Crippen LogP contribution is -2.38. The molecule has 1 aliphatic carbocycles. The van der Waals surface area contributed by atoms with E-state index in [4.69, 9.17) is 0 Å². The van der Waals surface area contributed by atoms with Gasteiger partial charge in [0.2, 0.25) is 5.91 Å². The van der Waals surface area contributed by atoms with E-state index in [0.717, 1.165) is 6.42 Å². The van der Waals surface area contributed by atoms with Crippen LogP contribution in [0, 0.1) is 10.1 Å². The van der Waals surface area contributed by atoms with Gasteiger partial charge in [0.15, 0.2) is 5.78 Å². The molecule has 6 heteroatoms. The van der Waals surface area contributed by atoms with Gasteiger partial charge in [0, 0.05) is 18.6 Å². The van der Waals surface area contributed by atoms with Crippen molar-refractivity contribution in [2.75, 3.05) is 0 Å². The normalized spacial score (nSPS) is 18.3. The molecular formula is C13H14N2O4. The first-order valence-electron chi connectivity index (χ1n) is 6.11. The van der Waals surface area contributed by atoms with Crippen LogP contribution in [0.25, 0.3) is 0 Å². The Bertz CT molecular complexity index is 527. The fourth-order valence-electron chi connectivity index (χ4n) is 2.18. The van der Waals surface area contributed by atoms with Crippen LogP contribution in [-0.4, -0.2) is 22.7 Å². The lowest BCUT2D eigenvalue weighted by molar-refractivity contribution is -0.384. The van der Waals surface area contributed by atoms with Gasteiger partial charge >= 0.3 is 0 Å². The summed E-state index contributed by atoms with van der Waals surface area (Å²) in [6.07, 6.45) is 2.05. The van der Waals surface area contributed by atoms with E-state index in [-0.39, 0.29) is 29.8 Å². The molecule has 1 aliphatic rings. The summed E-state index contributed by atoms with van der Waals surface area (Å²) in [6.45, 7) is 0. The molecule has 1 aromatic carbocycles. The number of non-ortho nitro benzene ring substituents is 1. The first-order chi connectivity index (χ1) is 9.06. The van der Waals surface area contributed by atoms with Crippen LogP contribution in [0.1, 0.15) is 24.8 Å². The van der Waals surface area contributed by atoms with Crippen molar-refractivity contribution in [2.45, 2.75) is 31.7 Å². The molecule has 0 saturated heterocycles. The second-order valence-electron chi connectivity index (χ2n) is 4.58. The van der Waals surface area contributed by atoms with Crippen LogP contribution in [-0.2, 0) is 16.0 Å². The van der Waals surface area contributed by atoms with Crippen molar-refractivity contribution in [3.05, 3.63) is 39.9 Å². The molecular weight excluding hydrogens is 248 g/mol. The number of benzene rings is 1. The quantitative estimate of drug-likeness (QED) is 0.655. The molecule has 1 amide bonds. The Morgan fingerprint density at radius 3 is 2.89 bits per heavy atom. The van der Waals surface area contributed by atoms with Crippen molar-refractivity contribution in [1.29, 1.82) is 0 Å². The van der Waals surface area contributed by atoms with Gasteiger partial charge in [-0.15, -0.1) is 0 Å². The minimum absolute atomic E-state index is 0.0396. The highest BCUT2D eigenvalue weighted by Crippen LogP contribution is 2.16. The SMILES string of the molecule is O=C(Cc1cccc([N+](=O)[O-])c1)N[C@@H]1CCCC1=O. The van der Waals surface area contributed by atoms with Gasteiger partial charge in [0.05, 0.1) is 17.4 Å². The van der Waals surface area contributed by atoms with Gasteiger partial charge in [-0.1, -0.05) is 12.1 Å². The highest BCUT2D eigenvalue weighted by atomic mass is 16.6. The Kier molecular flexibility index (Phi) is 3.89. The van der Waals surface area contributed by atoms with Crippen LogP contribution in [0.4, 0.5) is 5.69 Å². The second-order valence-corrected chi connectivity index (χ2v) is 4.58. The Balaban J connectivity index is 1.97. The summed E-state index contributed by atoms with van der Waals surface area (Å²) in [4.78, 5) is 33.3. The molecule has 100 valence electrons. The fourth-order valence-corrected chi connectivity index (χ4v) is 2.18. The van der Waals surface area contributed by atoms with Gasteiger partial charge in [0.25, 0.3) is 5.69 Å². The molecule has 1 atom stereocenters. The van der Waals surface area contributed by atoms with Gasteiger partial charge in [-0.2, -0.15) is 0 Å². The topological polar surface area (TPSA) is 89.3 Å². The lowest BCUT2D eigenvalue weighted by Gasteiger charge is -2.10. The average Bonchev–Trinajstić information content (AvgIpc) is 2.75. The van der Waals surface area contributed by atoms with Crippen molar-refractivity contribution >= 4 is 17.4 Å². The Hall–Kier alpha value is -2.24. The number of Topliss-reactive ketones (excluding diaryl/α,β-unsaturated/α-hetero) is 1. The van der Waals surface area contributed by atoms with Crippen molar-refractivity contribution in [3.8, 4) is 0 Å². The van der Waals surface area contributed by atoms with E-state index in [0.29, 0.717) is 18.4 Å². The number of amides is 1. The summed E-state index contributed by atoms with van der Waals surface area (Å²) in [7, 11) is 0. The zero-order valence-corrected chi connectivity index (χ0v) is 10.3. The number of carbonyl (C=O) groups excluding carboxylic acids is 2. The number of nitro benzene ring substituents is 1. The van der Waals surface area contributed by atoms with E-state index in [9.17, 15) is 19.7 Å². The van der Waals surface area contributed by atoms with E-state index in [1.54, 1.807) is 12.1 Å². The van der Waals surface area contributed by atoms with Crippen LogP contribution in [0.15, 0.2) is 24.3 Å². The maximum absolute atomic E-state index is 11.8. The highest BCUT2D eigenvalue weighted by Gasteiger charge is 2.25. The first-order valence-corrected chi connectivity index (χ1v) is 6.11. The monoisotopic (exact) mass is 262 g/mol. The maximum Gasteiger partial charge on any atom is 0.269 e. The van der Waals surface area contributed by atoms with E-state index >= 15 is 0 Å². The van der Waals surface area contributed by atoms with Gasteiger partial charge < -0.3 is 5.32 Å². The largest absolute Gasteiger partial charge is 0.346 e. The fraction of sp³-hybridized carbons (Fsp3) is 0.385. The zero-order valence-electron chi connectivity index (χ0n) is 10.3. The Labute approximate surface area is 110 Å². The van der Waals surface area contributed by atoms with Gasteiger partial charge in [-0.05, 0) is 18.4 Å². The van der Waals surface area contributed by atoms with E-state index < -0.39 is 4.92 Å². The van der Waals surface area contributed by atoms with Crippen molar-refractivity contribution in [2.24, 2.45) is 0 Å². The molecule has 1 fully saturated rings. The zero-order chi connectivity index (χ0) is 13.8. The summed E-state index contributed by atoms with van der Waals surface area (Å²) in [6, 6.07) is 5.56. The molecule has 0 heterocycles. The summed E-state index contributed by atoms with van der Waals surface area (Å²) >= 11 is 0. The summed E-state index contributed by atoms with van der Waals surface area (Å²) in [5.41, 5.74) is 0.527. The molecule has 0 bridgehead atoms. The van der Waals surface area contributed by atoms with Gasteiger partial charge in [-0.25, -0.2) is 0 Å². The number of carbonyl (C=O) groups is 2. The van der Waals surface area contributed by atoms with Gasteiger partial charge in [0.1, 0.15) is 0 Å². The van der Waals surface area contributed by atoms with Crippen molar-refractivity contribution < 1.29 is 14.5 Å². The Morgan fingerprint density at radius 1 is 1.47 bits per heavy atom. The standard InChI is InChI=1S/C13H14N2O4/c16-12-6-2-5-11(12)14-13(17)8-9-3-1-4-10(7-9)15(18)19/h1,3-4,7,11H,2,5-6,8H2,(H,14,17)/t11-/m1/s1. The van der Waals surface area contributed by atoms with E-state index in [1.807, 2.05) is 0 Å². The summed E-state index contributed by atoms with van der Waals surface area (Å²) in [5, 5.41) is 13.3. The number of nitrogens with one attached hydrogen (secondary N) is 1. The molecule has 1 saturated carbocycles. The molecule has 6 nitrogen and oxygen atoms in total. The molecule has 19 heavy (non-hydrogen) atoms. The van der Waals surface area contributed by atoms with Crippen LogP contribution >= 0.6 is 0 Å². The molecule has 0 radical (unpaired) electrons. The Morgan fingerprint density at radius 2 is 2.26 bits per heavy atom. The molecule has 1 N–H and O–H groups in total. The molecule has 0 unspecified atom stereocenters. The highest BCUT2D eigenvalue weighted by molar-refractivity contribution is 5.91. The van der Waals surface area contributed by atoms with Crippen LogP contribution < -0.4 is 5.32 Å². The number of nitrogens with zero attached hydrogens (tertiary/aromatic N) is 1. The minimum atomic E-state index is -0.498. The van der Waals surface area contributed by atoms with E-state index in [1.165, 1.54) is 12.1 Å². The molecule has 1 aromatic rings. The average molecular weight is 262 g/mol. The second kappa shape index (κ2) is 5.60. The number of hydrogen-bond acceptors (Lipinski definition) is 4. The third kappa shape index (κ3) is 3.37. The van der Waals surface area contributed by atoms with Gasteiger partial charge in [-0.3, -0.25) is 19.7 Å². The maximum atomic E-state index is 11.8. The number of rotatable bonds is 4. The molecule has 0 aromatic heterocycles. The lowest BCUT2D eigenvalue weighted by atomic mass is 10.1. The number of hydrogen-bond donors (Lipinski definition) is 1. The summed E-state index contributed by atoms with van der Waals surface area (Å²) in [5.74, 6) is -0.215. The van der Waals surface area contributed by atoms with Crippen molar-refractivity contribution in [3.63, 3.8) is 0 Å². The predicted molar refractivity (Wildman–Crippen MR) is 67.6 cm³/mol. The number of nitro groups is 1. The van der Waals surface area contributed by atoms with Crippen molar-refractivity contribution in [1.82, 2.24) is 5.32 Å². The summed E-state index contributed by atoms with van der Waals surface area (Å²) < 4.78 is 0. The minimum Gasteiger partial charge on any atom is -0.346 e. The van der Waals surface area contributed by atoms with Crippen LogP contribution in [0.3, 0.4) is 0 Å². The number of ketones is 1. The molecule has 0 aliphatic heterocycles. The molecule has 2 rings (SSSR count).